The van der Waals surface area contributed by atoms with E-state index in [1.807, 2.05) is 0 Å². The molecule has 10 heteroatoms. The predicted octanol–water partition coefficient (Wildman–Crippen LogP) is 3.79. The summed E-state index contributed by atoms with van der Waals surface area (Å²) < 4.78 is 45.2. The van der Waals surface area contributed by atoms with Crippen molar-refractivity contribution in [3.8, 4) is 5.75 Å². The fraction of sp³-hybridized carbons (Fsp3) is 0.211. The van der Waals surface area contributed by atoms with E-state index in [2.05, 4.69) is 15.0 Å². The van der Waals surface area contributed by atoms with Gasteiger partial charge >= 0.3 is 12.5 Å². The Morgan fingerprint density at radius 3 is 2.31 bits per heavy atom. The molecule has 0 saturated carbocycles. The molecule has 154 valence electrons. The highest BCUT2D eigenvalue weighted by atomic mass is 19.4. The van der Waals surface area contributed by atoms with Crippen LogP contribution in [0.5, 0.6) is 5.75 Å². The first kappa shape index (κ1) is 21.9. The van der Waals surface area contributed by atoms with Gasteiger partial charge in [0.05, 0.1) is 6.10 Å². The van der Waals surface area contributed by atoms with E-state index in [4.69, 9.17) is 10.1 Å². The van der Waals surface area contributed by atoms with Gasteiger partial charge in [0.1, 0.15) is 11.4 Å². The Kier molecular flexibility index (Phi) is 7.32. The van der Waals surface area contributed by atoms with E-state index in [1.165, 1.54) is 30.6 Å². The van der Waals surface area contributed by atoms with Gasteiger partial charge in [0.25, 0.3) is 0 Å². The summed E-state index contributed by atoms with van der Waals surface area (Å²) in [7, 11) is 0. The average Bonchev–Trinajstić information content (AvgIpc) is 2.61. The third kappa shape index (κ3) is 8.01. The summed E-state index contributed by atoms with van der Waals surface area (Å²) in [6.45, 7) is 3.48. The van der Waals surface area contributed by atoms with Crippen LogP contribution in [0.1, 0.15) is 19.4 Å². The maximum Gasteiger partial charge on any atom is 0.573 e. The Morgan fingerprint density at radius 1 is 1.14 bits per heavy atom. The number of alkyl halides is 3. The van der Waals surface area contributed by atoms with E-state index in [-0.39, 0.29) is 17.7 Å². The third-order valence-corrected chi connectivity index (χ3v) is 3.33. The van der Waals surface area contributed by atoms with Crippen molar-refractivity contribution in [3.05, 3.63) is 54.1 Å². The number of amides is 1. The quantitative estimate of drug-likeness (QED) is 0.384. The number of carbonyl (C=O) groups is 1. The summed E-state index contributed by atoms with van der Waals surface area (Å²) in [6.07, 6.45) is -4.17. The van der Waals surface area contributed by atoms with Gasteiger partial charge in [-0.25, -0.2) is 4.79 Å². The predicted molar refractivity (Wildman–Crippen MR) is 102 cm³/mol. The first-order valence-electron chi connectivity index (χ1n) is 8.52. The number of nitrogens with one attached hydrogen (secondary N) is 2. The maximum absolute atomic E-state index is 12.1. The zero-order chi connectivity index (χ0) is 21.4. The number of ether oxygens (including phenoxy) is 2. The monoisotopic (exact) mass is 409 g/mol. The largest absolute Gasteiger partial charge is 0.573 e. The van der Waals surface area contributed by atoms with E-state index < -0.39 is 12.5 Å². The molecule has 0 aromatic heterocycles. The van der Waals surface area contributed by atoms with Crippen LogP contribution in [-0.4, -0.2) is 30.7 Å². The number of anilines is 1. The molecule has 4 N–H and O–H groups in total. The highest BCUT2D eigenvalue weighted by molar-refractivity contribution is 6.00. The number of hydrogen-bond donors (Lipinski definition) is 3. The van der Waals surface area contributed by atoms with Crippen LogP contribution in [0.4, 0.5) is 29.3 Å². The van der Waals surface area contributed by atoms with Crippen molar-refractivity contribution in [2.75, 3.05) is 5.32 Å². The topological polar surface area (TPSA) is 100 Å². The van der Waals surface area contributed by atoms with Gasteiger partial charge in [-0.3, -0.25) is 16.0 Å². The molecule has 29 heavy (non-hydrogen) atoms. The van der Waals surface area contributed by atoms with Crippen molar-refractivity contribution < 1.29 is 32.8 Å². The minimum absolute atomic E-state index is 0.0189. The number of hydrogen-bond acceptors (Lipinski definition) is 4. The number of aliphatic imine (C=N–C) groups is 1. The second kappa shape index (κ2) is 9.69. The molecule has 0 aliphatic heterocycles. The zero-order valence-corrected chi connectivity index (χ0v) is 15.7. The number of quaternary nitrogens is 1. The van der Waals surface area contributed by atoms with Crippen LogP contribution in [0.3, 0.4) is 0 Å². The van der Waals surface area contributed by atoms with Gasteiger partial charge in [-0.2, -0.15) is 4.99 Å². The molecule has 0 aliphatic carbocycles. The van der Waals surface area contributed by atoms with Crippen LogP contribution in [0, 0.1) is 5.41 Å². The fourth-order valence-electron chi connectivity index (χ4n) is 2.13. The minimum atomic E-state index is -4.73. The second-order valence-corrected chi connectivity index (χ2v) is 6.07. The van der Waals surface area contributed by atoms with E-state index in [9.17, 15) is 18.0 Å². The fourth-order valence-corrected chi connectivity index (χ4v) is 2.13. The maximum atomic E-state index is 12.1. The molecule has 0 radical (unpaired) electrons. The van der Waals surface area contributed by atoms with Gasteiger partial charge in [-0.1, -0.05) is 0 Å². The molecular formula is C19H20F3N4O3+. The van der Waals surface area contributed by atoms with Crippen molar-refractivity contribution in [2.45, 2.75) is 26.3 Å². The second-order valence-electron chi connectivity index (χ2n) is 6.07. The molecule has 2 aromatic carbocycles. The minimum Gasteiger partial charge on any atom is -0.447 e. The van der Waals surface area contributed by atoms with Crippen molar-refractivity contribution in [2.24, 2.45) is 4.99 Å². The standard InChI is InChI=1S/C19H19F3N4O3/c1-12(2)28-18(27)26-15-5-3-13(4-6-15)17(23)25-11-24-14-7-9-16(10-8-14)29-19(20,21)22/h3-12H,1-2H3,(H,26,27)(H2,23,24,25)/p+1. The van der Waals surface area contributed by atoms with Crippen LogP contribution in [0.2, 0.25) is 0 Å². The SMILES string of the molecule is CC(C)OC(=O)Nc1ccc(C(=N)N=C[NH2+]c2ccc(OC(F)(F)F)cc2)cc1. The third-order valence-electron chi connectivity index (χ3n) is 3.33. The van der Waals surface area contributed by atoms with E-state index in [1.54, 1.807) is 43.4 Å². The zero-order valence-electron chi connectivity index (χ0n) is 15.7. The number of benzene rings is 2. The molecule has 0 atom stereocenters. The van der Waals surface area contributed by atoms with Crippen LogP contribution >= 0.6 is 0 Å². The van der Waals surface area contributed by atoms with Crippen LogP contribution in [-0.2, 0) is 4.74 Å². The highest BCUT2D eigenvalue weighted by Gasteiger charge is 2.31. The molecule has 0 bridgehead atoms. The van der Waals surface area contributed by atoms with Gasteiger partial charge in [0, 0.05) is 23.4 Å². The highest BCUT2D eigenvalue weighted by Crippen LogP contribution is 2.22. The Labute approximate surface area is 165 Å². The van der Waals surface area contributed by atoms with Crippen LogP contribution in [0.15, 0.2) is 53.5 Å². The molecule has 7 nitrogen and oxygen atoms in total. The number of nitrogens with two attached hydrogens (primary N) is 1. The summed E-state index contributed by atoms with van der Waals surface area (Å²) in [5, 5.41) is 12.1. The molecule has 0 aliphatic rings. The van der Waals surface area contributed by atoms with E-state index in [0.29, 0.717) is 16.9 Å². The first-order chi connectivity index (χ1) is 13.6. The lowest BCUT2D eigenvalue weighted by Gasteiger charge is -2.09. The van der Waals surface area contributed by atoms with E-state index in [0.717, 1.165) is 0 Å². The van der Waals surface area contributed by atoms with Gasteiger partial charge in [0.15, 0.2) is 12.2 Å². The lowest BCUT2D eigenvalue weighted by Crippen LogP contribution is -2.76. The van der Waals surface area contributed by atoms with Crippen molar-refractivity contribution in [1.29, 1.82) is 5.41 Å². The Morgan fingerprint density at radius 2 is 1.76 bits per heavy atom. The van der Waals surface area contributed by atoms with Gasteiger partial charge < -0.3 is 9.47 Å². The molecule has 0 heterocycles. The molecule has 2 rings (SSSR count). The Hall–Kier alpha value is -3.40. The van der Waals surface area contributed by atoms with E-state index >= 15 is 0 Å². The molecular weight excluding hydrogens is 389 g/mol. The average molecular weight is 409 g/mol. The summed E-state index contributed by atoms with van der Waals surface area (Å²) in [4.78, 5) is 15.5. The van der Waals surface area contributed by atoms with Crippen molar-refractivity contribution >= 4 is 29.6 Å². The normalized spacial score (nSPS) is 11.5. The lowest BCUT2D eigenvalue weighted by molar-refractivity contribution is -0.432. The molecule has 0 saturated heterocycles. The molecule has 0 spiro atoms. The van der Waals surface area contributed by atoms with Crippen molar-refractivity contribution in [1.82, 2.24) is 0 Å². The van der Waals surface area contributed by atoms with Gasteiger partial charge in [-0.05, 0) is 50.2 Å². The van der Waals surface area contributed by atoms with Crippen LogP contribution < -0.4 is 15.4 Å². The van der Waals surface area contributed by atoms with Gasteiger partial charge in [0.2, 0.25) is 0 Å². The number of nitrogens with zero attached hydrogens (tertiary/aromatic N) is 1. The number of halogens is 3. The Balaban J connectivity index is 1.88. The smallest absolute Gasteiger partial charge is 0.447 e. The summed E-state index contributed by atoms with van der Waals surface area (Å²) in [5.74, 6) is -0.333. The van der Waals surface area contributed by atoms with Crippen molar-refractivity contribution in [3.63, 3.8) is 0 Å². The molecule has 0 unspecified atom stereocenters. The Bertz CT molecular complexity index is 864. The number of amidine groups is 1. The first-order valence-corrected chi connectivity index (χ1v) is 8.52. The van der Waals surface area contributed by atoms with Gasteiger partial charge in [-0.15, -0.1) is 13.2 Å². The molecule has 1 amide bonds. The lowest BCUT2D eigenvalue weighted by atomic mass is 10.2. The molecule has 2 aromatic rings. The number of carbonyl (C=O) groups excluding carboxylic acids is 1. The summed E-state index contributed by atoms with van der Waals surface area (Å²) in [5.41, 5.74) is 1.63. The summed E-state index contributed by atoms with van der Waals surface area (Å²) in [6, 6.07) is 11.7. The number of rotatable bonds is 6. The van der Waals surface area contributed by atoms with Crippen LogP contribution in [0.25, 0.3) is 0 Å². The summed E-state index contributed by atoms with van der Waals surface area (Å²) >= 11 is 0. The molecule has 0 fully saturated rings.